The molecule has 7 heteroatoms. The lowest BCUT2D eigenvalue weighted by Crippen LogP contribution is -2.42. The minimum Gasteiger partial charge on any atom is -0.550 e. The van der Waals surface area contributed by atoms with Gasteiger partial charge in [-0.15, -0.1) is 11.3 Å². The van der Waals surface area contributed by atoms with Gasteiger partial charge in [0.1, 0.15) is 4.21 Å². The van der Waals surface area contributed by atoms with Crippen LogP contribution in [0.25, 0.3) is 0 Å². The molecule has 1 aromatic heterocycles. The molecule has 3 rings (SSSR count). The summed E-state index contributed by atoms with van der Waals surface area (Å²) in [5, 5.41) is 12.8. The highest BCUT2D eigenvalue weighted by atomic mass is 32.2. The minimum atomic E-state index is -3.70. The van der Waals surface area contributed by atoms with Crippen LogP contribution >= 0.6 is 11.3 Å². The molecule has 0 bridgehead atoms. The number of fused-ring (bicyclic) bond motifs is 1. The number of thiophene rings is 1. The molecule has 0 aliphatic carbocycles. The number of hydrogen-bond donors (Lipinski definition) is 0. The van der Waals surface area contributed by atoms with Gasteiger partial charge in [0, 0.05) is 18.9 Å². The molecule has 1 aromatic carbocycles. The summed E-state index contributed by atoms with van der Waals surface area (Å²) in [5.74, 6) is -1.26. The van der Waals surface area contributed by atoms with E-state index in [-0.39, 0.29) is 17.2 Å². The molecule has 1 atom stereocenters. The van der Waals surface area contributed by atoms with Gasteiger partial charge in [0.15, 0.2) is 0 Å². The van der Waals surface area contributed by atoms with Crippen LogP contribution in [0, 0.1) is 0 Å². The summed E-state index contributed by atoms with van der Waals surface area (Å²) in [6, 6.07) is 9.86. The predicted molar refractivity (Wildman–Crippen MR) is 80.7 cm³/mol. The van der Waals surface area contributed by atoms with Crippen LogP contribution in [0.1, 0.15) is 23.6 Å². The van der Waals surface area contributed by atoms with Crippen LogP contribution in [0.15, 0.2) is 46.0 Å². The number of carboxylic acids is 1. The average Bonchev–Trinajstić information content (AvgIpc) is 3.02. The maximum absolute atomic E-state index is 12.8. The number of carbonyl (C=O) groups is 1. The first kappa shape index (κ1) is 15.2. The van der Waals surface area contributed by atoms with E-state index in [0.717, 1.165) is 22.5 Å². The van der Waals surface area contributed by atoms with Crippen LogP contribution in [0.3, 0.4) is 0 Å². The van der Waals surface area contributed by atoms with E-state index in [2.05, 4.69) is 0 Å². The van der Waals surface area contributed by atoms with Gasteiger partial charge in [0.25, 0.3) is 10.0 Å². The van der Waals surface area contributed by atoms with Crippen molar-refractivity contribution in [2.45, 2.75) is 23.1 Å². The van der Waals surface area contributed by atoms with Crippen LogP contribution in [-0.4, -0.2) is 25.2 Å². The fourth-order valence-corrected chi connectivity index (χ4v) is 5.54. The molecule has 0 saturated carbocycles. The van der Waals surface area contributed by atoms with Crippen molar-refractivity contribution in [2.24, 2.45) is 0 Å². The Morgan fingerprint density at radius 2 is 2.05 bits per heavy atom. The first-order valence-corrected chi connectivity index (χ1v) is 9.15. The zero-order valence-electron chi connectivity index (χ0n) is 11.6. The highest BCUT2D eigenvalue weighted by molar-refractivity contribution is 7.91. The van der Waals surface area contributed by atoms with E-state index in [0.29, 0.717) is 6.42 Å². The van der Waals surface area contributed by atoms with E-state index in [9.17, 15) is 18.3 Å². The molecule has 22 heavy (non-hydrogen) atoms. The Kier molecular flexibility index (Phi) is 4.03. The maximum Gasteiger partial charge on any atom is 0.253 e. The lowest BCUT2D eigenvalue weighted by Gasteiger charge is -2.36. The molecular weight excluding hydrogens is 322 g/mol. The van der Waals surface area contributed by atoms with E-state index in [4.69, 9.17) is 0 Å². The van der Waals surface area contributed by atoms with Gasteiger partial charge in [0.2, 0.25) is 0 Å². The minimum absolute atomic E-state index is 0.232. The second kappa shape index (κ2) is 5.83. The number of aliphatic carboxylic acids is 1. The molecule has 0 amide bonds. The predicted octanol–water partition coefficient (Wildman–Crippen LogP) is 1.18. The van der Waals surface area contributed by atoms with Crippen molar-refractivity contribution in [2.75, 3.05) is 6.54 Å². The van der Waals surface area contributed by atoms with Gasteiger partial charge in [-0.3, -0.25) is 0 Å². The molecule has 0 fully saturated rings. The molecule has 116 valence electrons. The SMILES string of the molecule is O=C([O-])CC1c2ccccc2CCN1S(=O)(=O)c1cccs1. The van der Waals surface area contributed by atoms with Gasteiger partial charge in [-0.1, -0.05) is 30.3 Å². The van der Waals surface area contributed by atoms with E-state index in [1.165, 1.54) is 10.4 Å². The van der Waals surface area contributed by atoms with Crippen molar-refractivity contribution in [3.8, 4) is 0 Å². The second-order valence-corrected chi connectivity index (χ2v) is 8.15. The Labute approximate surface area is 132 Å². The summed E-state index contributed by atoms with van der Waals surface area (Å²) in [4.78, 5) is 11.1. The van der Waals surface area contributed by atoms with Crippen LogP contribution in [-0.2, 0) is 21.2 Å². The van der Waals surface area contributed by atoms with Crippen molar-refractivity contribution in [3.63, 3.8) is 0 Å². The maximum atomic E-state index is 12.8. The molecule has 1 aliphatic rings. The van der Waals surface area contributed by atoms with Crippen LogP contribution in [0.2, 0.25) is 0 Å². The number of sulfonamides is 1. The number of rotatable bonds is 4. The summed E-state index contributed by atoms with van der Waals surface area (Å²) in [5.41, 5.74) is 1.74. The smallest absolute Gasteiger partial charge is 0.253 e. The zero-order valence-corrected chi connectivity index (χ0v) is 13.3. The van der Waals surface area contributed by atoms with Crippen molar-refractivity contribution >= 4 is 27.3 Å². The van der Waals surface area contributed by atoms with Crippen molar-refractivity contribution in [1.82, 2.24) is 4.31 Å². The van der Waals surface area contributed by atoms with Gasteiger partial charge < -0.3 is 9.90 Å². The zero-order chi connectivity index (χ0) is 15.7. The van der Waals surface area contributed by atoms with Gasteiger partial charge >= 0.3 is 0 Å². The van der Waals surface area contributed by atoms with E-state index < -0.39 is 22.0 Å². The van der Waals surface area contributed by atoms with Crippen LogP contribution in [0.5, 0.6) is 0 Å². The molecule has 0 radical (unpaired) electrons. The van der Waals surface area contributed by atoms with Gasteiger partial charge in [0.05, 0.1) is 6.04 Å². The topological polar surface area (TPSA) is 77.5 Å². The molecule has 2 aromatic rings. The summed E-state index contributed by atoms with van der Waals surface area (Å²) in [6.07, 6.45) is 0.228. The highest BCUT2D eigenvalue weighted by Crippen LogP contribution is 2.36. The van der Waals surface area contributed by atoms with Gasteiger partial charge in [-0.25, -0.2) is 8.42 Å². The molecule has 5 nitrogen and oxygen atoms in total. The third kappa shape index (κ3) is 2.67. The molecule has 0 N–H and O–H groups in total. The normalized spacial score (nSPS) is 18.8. The number of nitrogens with zero attached hydrogens (tertiary/aromatic N) is 1. The Morgan fingerprint density at radius 3 is 2.73 bits per heavy atom. The molecule has 1 aliphatic heterocycles. The first-order chi connectivity index (χ1) is 10.5. The second-order valence-electron chi connectivity index (χ2n) is 5.09. The van der Waals surface area contributed by atoms with Crippen molar-refractivity contribution in [3.05, 3.63) is 52.9 Å². The molecule has 2 heterocycles. The largest absolute Gasteiger partial charge is 0.550 e. The fraction of sp³-hybridized carbons (Fsp3) is 0.267. The Bertz CT molecular complexity index is 784. The summed E-state index contributed by atoms with van der Waals surface area (Å²) in [6.45, 7) is 0.273. The third-order valence-corrected chi connectivity index (χ3v) is 7.06. The highest BCUT2D eigenvalue weighted by Gasteiger charge is 2.36. The Balaban J connectivity index is 2.06. The monoisotopic (exact) mass is 336 g/mol. The van der Waals surface area contributed by atoms with E-state index >= 15 is 0 Å². The van der Waals surface area contributed by atoms with Gasteiger partial charge in [-0.05, 0) is 29.0 Å². The lowest BCUT2D eigenvalue weighted by molar-refractivity contribution is -0.306. The van der Waals surface area contributed by atoms with Crippen LogP contribution < -0.4 is 5.11 Å². The summed E-state index contributed by atoms with van der Waals surface area (Å²) in [7, 11) is -3.70. The fourth-order valence-electron chi connectivity index (χ4n) is 2.81. The van der Waals surface area contributed by atoms with Gasteiger partial charge in [-0.2, -0.15) is 4.31 Å². The molecule has 0 saturated heterocycles. The first-order valence-electron chi connectivity index (χ1n) is 6.83. The van der Waals surface area contributed by atoms with Crippen molar-refractivity contribution in [1.29, 1.82) is 0 Å². The average molecular weight is 336 g/mol. The van der Waals surface area contributed by atoms with E-state index in [1.807, 2.05) is 12.1 Å². The standard InChI is InChI=1S/C15H15NO4S2/c17-14(18)10-13-12-5-2-1-4-11(12)7-8-16(13)22(19,20)15-6-3-9-21-15/h1-6,9,13H,7-8,10H2,(H,17,18)/p-1. The quantitative estimate of drug-likeness (QED) is 0.840. The number of benzene rings is 1. The Morgan fingerprint density at radius 1 is 1.27 bits per heavy atom. The number of hydrogen-bond acceptors (Lipinski definition) is 5. The van der Waals surface area contributed by atoms with E-state index in [1.54, 1.807) is 23.6 Å². The lowest BCUT2D eigenvalue weighted by atomic mass is 9.92. The summed E-state index contributed by atoms with van der Waals surface area (Å²) >= 11 is 1.13. The summed E-state index contributed by atoms with van der Waals surface area (Å²) < 4.78 is 27.1. The molecule has 1 unspecified atom stereocenters. The number of carboxylic acid groups (broad SMARTS) is 1. The number of carbonyl (C=O) groups excluding carboxylic acids is 1. The third-order valence-electron chi connectivity index (χ3n) is 3.78. The van der Waals surface area contributed by atoms with Crippen LogP contribution in [0.4, 0.5) is 0 Å². The Hall–Kier alpha value is -1.70. The molecular formula is C15H14NO4S2-. The van der Waals surface area contributed by atoms with Crippen molar-refractivity contribution < 1.29 is 18.3 Å². The molecule has 0 spiro atoms.